The first kappa shape index (κ1) is 51.6. The van der Waals surface area contributed by atoms with Crippen molar-refractivity contribution in [1.29, 1.82) is 0 Å². The van der Waals surface area contributed by atoms with E-state index in [1.54, 1.807) is 6.26 Å². The van der Waals surface area contributed by atoms with Crippen molar-refractivity contribution < 1.29 is 37.3 Å². The fraction of sp³-hybridized carbons (Fsp3) is 0.841. The zero-order valence-electron chi connectivity index (χ0n) is 35.3. The van der Waals surface area contributed by atoms with Crippen LogP contribution in [0.4, 0.5) is 0 Å². The van der Waals surface area contributed by atoms with Gasteiger partial charge < -0.3 is 18.9 Å². The third kappa shape index (κ3) is 41.6. The van der Waals surface area contributed by atoms with Crippen LogP contribution in [0.25, 0.3) is 0 Å². The van der Waals surface area contributed by atoms with Gasteiger partial charge in [-0.3, -0.25) is 13.8 Å². The highest BCUT2D eigenvalue weighted by Crippen LogP contribution is 2.43. The molecule has 0 radical (unpaired) electrons. The maximum atomic E-state index is 12.7. The van der Waals surface area contributed by atoms with Crippen LogP contribution in [0.3, 0.4) is 0 Å². The number of allylic oxidation sites excluding steroid dienone is 5. The van der Waals surface area contributed by atoms with Crippen LogP contribution in [0.1, 0.15) is 187 Å². The Bertz CT molecular complexity index is 947. The van der Waals surface area contributed by atoms with Crippen molar-refractivity contribution in [2.24, 2.45) is 0 Å². The highest BCUT2D eigenvalue weighted by atomic mass is 31.2. The summed E-state index contributed by atoms with van der Waals surface area (Å²) in [6.07, 6.45) is 44.1. The summed E-state index contributed by atoms with van der Waals surface area (Å²) < 4.78 is 34.7. The Labute approximate surface area is 327 Å². The lowest BCUT2D eigenvalue weighted by atomic mass is 10.1. The summed E-state index contributed by atoms with van der Waals surface area (Å²) in [6.45, 7) is 4.90. The number of hydrogen-bond donors (Lipinski definition) is 1. The number of hydrogen-bond acceptors (Lipinski definition) is 6. The molecule has 0 aliphatic carbocycles. The molecular weight excluding hydrogens is 685 g/mol. The summed E-state index contributed by atoms with van der Waals surface area (Å²) in [5.41, 5.74) is 0. The van der Waals surface area contributed by atoms with E-state index >= 15 is 0 Å². The fourth-order valence-corrected chi connectivity index (χ4v) is 6.54. The first-order chi connectivity index (χ1) is 25.6. The summed E-state index contributed by atoms with van der Waals surface area (Å²) in [6, 6.07) is 0. The Morgan fingerprint density at radius 2 is 1.00 bits per heavy atom. The summed E-state index contributed by atoms with van der Waals surface area (Å²) in [4.78, 5) is 22.8. The largest absolute Gasteiger partial charge is 0.498 e. The molecule has 0 spiro atoms. The number of rotatable bonds is 40. The van der Waals surface area contributed by atoms with E-state index in [-0.39, 0.29) is 25.8 Å². The third-order valence-electron chi connectivity index (χ3n) is 9.24. The van der Waals surface area contributed by atoms with Gasteiger partial charge in [0.2, 0.25) is 0 Å². The van der Waals surface area contributed by atoms with E-state index in [1.165, 1.54) is 135 Å². The Morgan fingerprint density at radius 3 is 1.45 bits per heavy atom. The number of unbranched alkanes of at least 4 members (excludes halogenated alkanes) is 22. The van der Waals surface area contributed by atoms with E-state index in [1.807, 2.05) is 27.2 Å². The van der Waals surface area contributed by atoms with E-state index in [0.717, 1.165) is 32.1 Å². The second kappa shape index (κ2) is 37.5. The topological polar surface area (TPSA) is 91.3 Å². The lowest BCUT2D eigenvalue weighted by Crippen LogP contribution is -2.37. The summed E-state index contributed by atoms with van der Waals surface area (Å²) in [5.74, 6) is -0.343. The minimum atomic E-state index is -4.29. The maximum absolute atomic E-state index is 12.7. The predicted molar refractivity (Wildman–Crippen MR) is 224 cm³/mol. The van der Waals surface area contributed by atoms with Crippen LogP contribution in [0.15, 0.2) is 36.6 Å². The Hall–Kier alpha value is -1.44. The Balaban J connectivity index is 4.31. The van der Waals surface area contributed by atoms with Gasteiger partial charge in [-0.25, -0.2) is 4.57 Å². The molecule has 0 saturated heterocycles. The van der Waals surface area contributed by atoms with Crippen molar-refractivity contribution in [3.63, 3.8) is 0 Å². The smallest absolute Gasteiger partial charge is 0.472 e. The quantitative estimate of drug-likeness (QED) is 0.0166. The van der Waals surface area contributed by atoms with Gasteiger partial charge in [0.1, 0.15) is 19.8 Å². The van der Waals surface area contributed by atoms with Crippen LogP contribution in [-0.4, -0.2) is 69.0 Å². The van der Waals surface area contributed by atoms with E-state index < -0.39 is 13.9 Å². The zero-order valence-corrected chi connectivity index (χ0v) is 36.1. The van der Waals surface area contributed by atoms with Crippen molar-refractivity contribution in [2.75, 3.05) is 47.5 Å². The normalized spacial score (nSPS) is 14.1. The fourth-order valence-electron chi connectivity index (χ4n) is 5.80. The maximum Gasteiger partial charge on any atom is 0.472 e. The van der Waals surface area contributed by atoms with Crippen molar-refractivity contribution in [1.82, 2.24) is 0 Å². The molecule has 0 rings (SSSR count). The van der Waals surface area contributed by atoms with Crippen LogP contribution in [0, 0.1) is 0 Å². The number of phosphoric ester groups is 1. The number of ether oxygens (including phenoxy) is 2. The highest BCUT2D eigenvalue weighted by molar-refractivity contribution is 7.47. The summed E-state index contributed by atoms with van der Waals surface area (Å²) in [5, 5.41) is 0. The lowest BCUT2D eigenvalue weighted by molar-refractivity contribution is -0.870. The number of nitrogens with zero attached hydrogens (tertiary/aromatic N) is 1. The summed E-state index contributed by atoms with van der Waals surface area (Å²) in [7, 11) is 1.63. The minimum absolute atomic E-state index is 0.0440. The van der Waals surface area contributed by atoms with Gasteiger partial charge in [-0.1, -0.05) is 134 Å². The molecule has 9 heteroatoms. The molecule has 2 atom stereocenters. The Morgan fingerprint density at radius 1 is 0.585 bits per heavy atom. The second-order valence-electron chi connectivity index (χ2n) is 15.8. The number of phosphoric acid groups is 1. The lowest BCUT2D eigenvalue weighted by Gasteiger charge is -2.24. The molecule has 0 aromatic rings. The van der Waals surface area contributed by atoms with E-state index in [2.05, 4.69) is 38.2 Å². The van der Waals surface area contributed by atoms with Crippen molar-refractivity contribution in [3.05, 3.63) is 36.6 Å². The van der Waals surface area contributed by atoms with Gasteiger partial charge in [0, 0.05) is 6.42 Å². The summed E-state index contributed by atoms with van der Waals surface area (Å²) >= 11 is 0. The molecule has 0 aromatic heterocycles. The SMILES string of the molecule is CCCCCC/C=C\CCCCCCCC/C=C\OC[C@H](COP(=O)(O)OCC[N+](C)(C)C)OC(=O)CCCCCCCCC/C=C\CCCCCC. The van der Waals surface area contributed by atoms with Gasteiger partial charge in [-0.15, -0.1) is 0 Å². The standard InChI is InChI=1S/C44H84NO7P/c1-6-8-10-12-14-16-18-20-22-24-26-28-30-32-34-36-39-49-41-43(42-51-53(47,48)50-40-38-45(3,4)5)52-44(46)37-35-33-31-29-27-25-23-21-19-17-15-13-11-9-7-2/h16-19,36,39,43H,6-15,20-35,37-38,40-42H2,1-5H3/p+1/b18-16-,19-17-,39-36-/t43-/m1/s1. The molecule has 1 N–H and O–H groups in total. The molecule has 0 aliphatic rings. The molecule has 312 valence electrons. The Kier molecular flexibility index (Phi) is 36.5. The highest BCUT2D eigenvalue weighted by Gasteiger charge is 2.26. The van der Waals surface area contributed by atoms with E-state index in [0.29, 0.717) is 17.4 Å². The van der Waals surface area contributed by atoms with Gasteiger partial charge in [0.05, 0.1) is 34.0 Å². The number of carbonyl (C=O) groups is 1. The number of esters is 1. The monoisotopic (exact) mass is 771 g/mol. The molecule has 0 saturated carbocycles. The molecule has 1 unspecified atom stereocenters. The van der Waals surface area contributed by atoms with Crippen molar-refractivity contribution >= 4 is 13.8 Å². The van der Waals surface area contributed by atoms with Gasteiger partial charge in [-0.2, -0.15) is 0 Å². The average molecular weight is 771 g/mol. The average Bonchev–Trinajstić information content (AvgIpc) is 3.11. The first-order valence-electron chi connectivity index (χ1n) is 21.8. The molecule has 0 heterocycles. The molecule has 0 aromatic carbocycles. The van der Waals surface area contributed by atoms with Crippen LogP contribution in [-0.2, 0) is 27.9 Å². The minimum Gasteiger partial charge on any atom is -0.498 e. The van der Waals surface area contributed by atoms with Crippen LogP contribution >= 0.6 is 7.82 Å². The van der Waals surface area contributed by atoms with Gasteiger partial charge in [0.25, 0.3) is 0 Å². The van der Waals surface area contributed by atoms with Crippen LogP contribution in [0.5, 0.6) is 0 Å². The number of likely N-dealkylation sites (N-methyl/N-ethyl adjacent to an activating group) is 1. The first-order valence-corrected chi connectivity index (χ1v) is 23.3. The van der Waals surface area contributed by atoms with Crippen LogP contribution in [0.2, 0.25) is 0 Å². The number of quaternary nitrogens is 1. The molecule has 8 nitrogen and oxygen atoms in total. The molecule has 0 amide bonds. The second-order valence-corrected chi connectivity index (χ2v) is 17.2. The molecule has 0 fully saturated rings. The van der Waals surface area contributed by atoms with Crippen molar-refractivity contribution in [3.8, 4) is 0 Å². The number of carbonyl (C=O) groups excluding carboxylic acids is 1. The van der Waals surface area contributed by atoms with E-state index in [4.69, 9.17) is 18.5 Å². The zero-order chi connectivity index (χ0) is 39.1. The molecule has 0 aliphatic heterocycles. The third-order valence-corrected chi connectivity index (χ3v) is 10.2. The molecular formula is C44H85NO7P+. The molecule has 0 bridgehead atoms. The van der Waals surface area contributed by atoms with Gasteiger partial charge in [-0.05, 0) is 76.7 Å². The van der Waals surface area contributed by atoms with Crippen molar-refractivity contribution in [2.45, 2.75) is 193 Å². The van der Waals surface area contributed by atoms with E-state index in [9.17, 15) is 14.3 Å². The predicted octanol–water partition coefficient (Wildman–Crippen LogP) is 13.0. The van der Waals surface area contributed by atoms with Gasteiger partial charge in [0.15, 0.2) is 6.10 Å². The van der Waals surface area contributed by atoms with Gasteiger partial charge >= 0.3 is 13.8 Å². The van der Waals surface area contributed by atoms with Crippen LogP contribution < -0.4 is 0 Å². The molecule has 53 heavy (non-hydrogen) atoms.